The zero-order valence-electron chi connectivity index (χ0n) is 14.8. The smallest absolute Gasteiger partial charge is 0.410 e. The molecule has 2 aliphatic heterocycles. The van der Waals surface area contributed by atoms with Gasteiger partial charge >= 0.3 is 6.09 Å². The van der Waals surface area contributed by atoms with Crippen LogP contribution >= 0.6 is 15.9 Å². The van der Waals surface area contributed by atoms with Gasteiger partial charge < -0.3 is 19.1 Å². The predicted octanol–water partition coefficient (Wildman–Crippen LogP) is 3.50. The molecule has 26 heavy (non-hydrogen) atoms. The Hall–Kier alpha value is -1.76. The first-order valence-electron chi connectivity index (χ1n) is 8.92. The van der Waals surface area contributed by atoms with Gasteiger partial charge in [0, 0.05) is 46.8 Å². The molecule has 0 unspecified atom stereocenters. The first kappa shape index (κ1) is 16.4. The van der Waals surface area contributed by atoms with Crippen LogP contribution in [-0.4, -0.2) is 43.1 Å². The van der Waals surface area contributed by atoms with Crippen LogP contribution in [0.3, 0.4) is 0 Å². The van der Waals surface area contributed by atoms with E-state index >= 15 is 0 Å². The van der Waals surface area contributed by atoms with Crippen LogP contribution in [0.1, 0.15) is 49.3 Å². The molecule has 1 aromatic rings. The normalized spacial score (nSPS) is 34.1. The summed E-state index contributed by atoms with van der Waals surface area (Å²) in [6.07, 6.45) is 2.45. The third-order valence-corrected chi connectivity index (χ3v) is 7.59. The fraction of sp³-hybridized carbons (Fsp3) is 0.579. The number of Topliss-reactive ketones (excluding diaryl/α,β-unsaturated/α-hetero) is 1. The van der Waals surface area contributed by atoms with Gasteiger partial charge in [-0.25, -0.2) is 4.79 Å². The van der Waals surface area contributed by atoms with Gasteiger partial charge in [-0.3, -0.25) is 4.79 Å². The Morgan fingerprint density at radius 2 is 2.08 bits per heavy atom. The molecule has 5 rings (SSSR count). The van der Waals surface area contributed by atoms with E-state index in [1.807, 2.05) is 11.0 Å². The molecular weight excluding hydrogens is 402 g/mol. The molecule has 3 fully saturated rings. The van der Waals surface area contributed by atoms with Crippen molar-refractivity contribution >= 4 is 27.8 Å². The molecule has 1 aromatic carbocycles. The third-order valence-electron chi connectivity index (χ3n) is 6.94. The molecule has 2 bridgehead atoms. The van der Waals surface area contributed by atoms with Crippen molar-refractivity contribution in [2.75, 3.05) is 20.8 Å². The van der Waals surface area contributed by atoms with Crippen LogP contribution in [0.5, 0.6) is 11.5 Å². The standard InChI is InChI=1S/C19H20BrNO5/c1-24-12-7-11(20)14-13-9-19-8-10(22)3-4-18(19,15(14)16(12)25-2)5-6-21(19)17(23)26-13/h7,13H,3-6,8-9H2,1-2H3/t13-,18-,19+/m1/s1. The van der Waals surface area contributed by atoms with Crippen molar-refractivity contribution in [3.8, 4) is 11.5 Å². The highest BCUT2D eigenvalue weighted by molar-refractivity contribution is 9.10. The van der Waals surface area contributed by atoms with E-state index in [1.165, 1.54) is 0 Å². The number of rotatable bonds is 2. The van der Waals surface area contributed by atoms with Crippen LogP contribution in [0, 0.1) is 0 Å². The van der Waals surface area contributed by atoms with E-state index in [1.54, 1.807) is 14.2 Å². The van der Waals surface area contributed by atoms with Crippen LogP contribution < -0.4 is 9.47 Å². The van der Waals surface area contributed by atoms with Crippen molar-refractivity contribution < 1.29 is 23.8 Å². The lowest BCUT2D eigenvalue weighted by Crippen LogP contribution is -2.66. The van der Waals surface area contributed by atoms with Gasteiger partial charge in [-0.15, -0.1) is 0 Å². The summed E-state index contributed by atoms with van der Waals surface area (Å²) in [6, 6.07) is 1.88. The van der Waals surface area contributed by atoms with E-state index in [-0.39, 0.29) is 23.4 Å². The Bertz CT molecular complexity index is 855. The summed E-state index contributed by atoms with van der Waals surface area (Å²) in [6.45, 7) is 0.607. The van der Waals surface area contributed by atoms with Gasteiger partial charge in [-0.1, -0.05) is 15.9 Å². The van der Waals surface area contributed by atoms with Crippen molar-refractivity contribution in [3.05, 3.63) is 21.7 Å². The van der Waals surface area contributed by atoms with E-state index in [0.29, 0.717) is 37.3 Å². The van der Waals surface area contributed by atoms with Crippen LogP contribution in [-0.2, 0) is 14.9 Å². The second kappa shape index (κ2) is 5.15. The van der Waals surface area contributed by atoms with Crippen molar-refractivity contribution in [2.24, 2.45) is 0 Å². The van der Waals surface area contributed by atoms with Crippen LogP contribution in [0.15, 0.2) is 10.5 Å². The number of benzene rings is 1. The topological polar surface area (TPSA) is 65.1 Å². The van der Waals surface area contributed by atoms with Gasteiger partial charge in [0.15, 0.2) is 11.5 Å². The molecule has 6 nitrogen and oxygen atoms in total. The maximum absolute atomic E-state index is 12.7. The van der Waals surface area contributed by atoms with Crippen molar-refractivity contribution in [2.45, 2.75) is 49.2 Å². The van der Waals surface area contributed by atoms with Crippen LogP contribution in [0.4, 0.5) is 4.79 Å². The number of hydrogen-bond acceptors (Lipinski definition) is 5. The third kappa shape index (κ3) is 1.68. The van der Waals surface area contributed by atoms with Gasteiger partial charge in [0.05, 0.1) is 19.8 Å². The molecule has 2 saturated heterocycles. The molecule has 2 aliphatic carbocycles. The average molecular weight is 422 g/mol. The van der Waals surface area contributed by atoms with Gasteiger partial charge in [0.1, 0.15) is 11.9 Å². The van der Waals surface area contributed by atoms with Gasteiger partial charge in [0.2, 0.25) is 0 Å². The molecule has 4 aliphatic rings. The summed E-state index contributed by atoms with van der Waals surface area (Å²) in [4.78, 5) is 27.0. The fourth-order valence-electron chi connectivity index (χ4n) is 5.99. The Morgan fingerprint density at radius 1 is 1.27 bits per heavy atom. The number of ether oxygens (including phenoxy) is 3. The molecule has 0 radical (unpaired) electrons. The lowest BCUT2D eigenvalue weighted by molar-refractivity contribution is -0.132. The van der Waals surface area contributed by atoms with E-state index in [4.69, 9.17) is 14.2 Å². The maximum Gasteiger partial charge on any atom is 0.410 e. The molecule has 7 heteroatoms. The van der Waals surface area contributed by atoms with Crippen LogP contribution in [0.25, 0.3) is 0 Å². The van der Waals surface area contributed by atoms with E-state index in [0.717, 1.165) is 28.4 Å². The molecule has 138 valence electrons. The predicted molar refractivity (Wildman–Crippen MR) is 95.7 cm³/mol. The molecular formula is C19H20BrNO5. The first-order chi connectivity index (χ1) is 12.5. The quantitative estimate of drug-likeness (QED) is 0.730. The number of methoxy groups -OCH3 is 2. The molecule has 1 saturated carbocycles. The number of hydrogen-bond donors (Lipinski definition) is 0. The Labute approximate surface area is 159 Å². The highest BCUT2D eigenvalue weighted by Crippen LogP contribution is 2.68. The number of halogens is 1. The lowest BCUT2D eigenvalue weighted by Gasteiger charge is -2.59. The summed E-state index contributed by atoms with van der Waals surface area (Å²) in [7, 11) is 3.27. The lowest BCUT2D eigenvalue weighted by atomic mass is 9.51. The van der Waals surface area contributed by atoms with Crippen LogP contribution in [0.2, 0.25) is 0 Å². The minimum atomic E-state index is -0.506. The summed E-state index contributed by atoms with van der Waals surface area (Å²) in [5.41, 5.74) is 1.23. The van der Waals surface area contributed by atoms with Crippen molar-refractivity contribution in [3.63, 3.8) is 0 Å². The summed E-state index contributed by atoms with van der Waals surface area (Å²) < 4.78 is 18.1. The summed E-state index contributed by atoms with van der Waals surface area (Å²) in [5.74, 6) is 1.59. The van der Waals surface area contributed by atoms with Gasteiger partial charge in [0.25, 0.3) is 0 Å². The average Bonchev–Trinajstić information content (AvgIpc) is 2.98. The number of carbonyl (C=O) groups excluding carboxylic acids is 2. The number of nitrogens with zero attached hydrogens (tertiary/aromatic N) is 1. The van der Waals surface area contributed by atoms with Gasteiger partial charge in [-0.2, -0.15) is 0 Å². The minimum absolute atomic E-state index is 0.227. The van der Waals surface area contributed by atoms with Crippen molar-refractivity contribution in [1.82, 2.24) is 4.90 Å². The zero-order valence-corrected chi connectivity index (χ0v) is 16.3. The first-order valence-corrected chi connectivity index (χ1v) is 9.71. The molecule has 2 heterocycles. The molecule has 1 amide bonds. The highest BCUT2D eigenvalue weighted by Gasteiger charge is 2.70. The molecule has 0 aromatic heterocycles. The highest BCUT2D eigenvalue weighted by atomic mass is 79.9. The minimum Gasteiger partial charge on any atom is -0.493 e. The number of amides is 1. The molecule has 0 N–H and O–H groups in total. The Kier molecular flexibility index (Phi) is 3.25. The second-order valence-corrected chi connectivity index (χ2v) is 8.54. The van der Waals surface area contributed by atoms with Crippen molar-refractivity contribution in [1.29, 1.82) is 0 Å². The van der Waals surface area contributed by atoms with E-state index in [2.05, 4.69) is 15.9 Å². The molecule has 1 spiro atoms. The number of carbonyl (C=O) groups is 2. The Morgan fingerprint density at radius 3 is 2.81 bits per heavy atom. The van der Waals surface area contributed by atoms with E-state index in [9.17, 15) is 9.59 Å². The maximum atomic E-state index is 12.7. The number of fused-ring (bicyclic) bond motifs is 3. The zero-order chi connectivity index (χ0) is 18.3. The number of ketones is 1. The van der Waals surface area contributed by atoms with E-state index < -0.39 is 5.54 Å². The SMILES string of the molecule is COc1cc(Br)c2c(c1OC)[C@]13CCC(=O)C[C@]14C[C@H]2OC(=O)N4CC3. The fourth-order valence-corrected chi connectivity index (χ4v) is 6.65. The van der Waals surface area contributed by atoms with Gasteiger partial charge in [-0.05, 0) is 18.9 Å². The summed E-state index contributed by atoms with van der Waals surface area (Å²) in [5, 5.41) is 0. The summed E-state index contributed by atoms with van der Waals surface area (Å²) >= 11 is 3.67. The largest absolute Gasteiger partial charge is 0.493 e. The monoisotopic (exact) mass is 421 g/mol. The Balaban J connectivity index is 1.88. The molecule has 3 atom stereocenters. The second-order valence-electron chi connectivity index (χ2n) is 7.69.